The lowest BCUT2D eigenvalue weighted by atomic mass is 9.92. The fraction of sp³-hybridized carbons (Fsp3) is 0.500. The van der Waals surface area contributed by atoms with Gasteiger partial charge in [0.25, 0.3) is 0 Å². The van der Waals surface area contributed by atoms with E-state index in [-0.39, 0.29) is 23.6 Å². The van der Waals surface area contributed by atoms with Crippen LogP contribution in [0.4, 0.5) is 0 Å². The van der Waals surface area contributed by atoms with Crippen molar-refractivity contribution < 1.29 is 9.90 Å². The van der Waals surface area contributed by atoms with Crippen LogP contribution in [0.5, 0.6) is 5.75 Å². The van der Waals surface area contributed by atoms with Crippen LogP contribution in [0.1, 0.15) is 42.7 Å². The van der Waals surface area contributed by atoms with Crippen molar-refractivity contribution in [2.24, 2.45) is 5.92 Å². The van der Waals surface area contributed by atoms with Gasteiger partial charge in [0.1, 0.15) is 12.1 Å². The molecule has 1 fully saturated rings. The molecule has 1 amide bonds. The molecule has 1 aliphatic carbocycles. The lowest BCUT2D eigenvalue weighted by Crippen LogP contribution is -2.41. The predicted octanol–water partition coefficient (Wildman–Crippen LogP) is 2.75. The lowest BCUT2D eigenvalue weighted by molar-refractivity contribution is -0.121. The van der Waals surface area contributed by atoms with Crippen molar-refractivity contribution >= 4 is 5.91 Å². The van der Waals surface area contributed by atoms with Gasteiger partial charge in [-0.1, -0.05) is 25.0 Å². The van der Waals surface area contributed by atoms with Crippen molar-refractivity contribution in [3.05, 3.63) is 54.1 Å². The normalized spacial score (nSPS) is 16.0. The summed E-state index contributed by atoms with van der Waals surface area (Å²) >= 11 is 0. The van der Waals surface area contributed by atoms with Crippen LogP contribution < -0.4 is 5.32 Å². The van der Waals surface area contributed by atoms with E-state index in [9.17, 15) is 9.90 Å². The molecule has 0 radical (unpaired) electrons. The molecule has 28 heavy (non-hydrogen) atoms. The van der Waals surface area contributed by atoms with Crippen molar-refractivity contribution in [1.82, 2.24) is 20.2 Å². The van der Waals surface area contributed by atoms with Crippen LogP contribution in [0.3, 0.4) is 0 Å². The number of aromatic nitrogens is 2. The fourth-order valence-electron chi connectivity index (χ4n) is 3.48. The van der Waals surface area contributed by atoms with Gasteiger partial charge in [-0.3, -0.25) is 4.79 Å². The van der Waals surface area contributed by atoms with Crippen LogP contribution in [0.2, 0.25) is 0 Å². The summed E-state index contributed by atoms with van der Waals surface area (Å²) in [5.41, 5.74) is 2.19. The van der Waals surface area contributed by atoms with Crippen molar-refractivity contribution in [2.75, 3.05) is 20.6 Å². The number of carbonyl (C=O) groups excluding carboxylic acids is 1. The summed E-state index contributed by atoms with van der Waals surface area (Å²) < 4.78 is 0. The minimum atomic E-state index is 0.0760. The van der Waals surface area contributed by atoms with E-state index in [1.807, 2.05) is 38.6 Å². The number of phenolic OH excluding ortho intramolecular Hbond substituents is 1. The number of phenols is 1. The van der Waals surface area contributed by atoms with Crippen LogP contribution in [0.25, 0.3) is 0 Å². The van der Waals surface area contributed by atoms with E-state index in [0.29, 0.717) is 13.0 Å². The predicted molar refractivity (Wildman–Crippen MR) is 109 cm³/mol. The maximum absolute atomic E-state index is 12.6. The Bertz CT molecular complexity index is 745. The van der Waals surface area contributed by atoms with Crippen LogP contribution in [0.15, 0.2) is 43.0 Å². The summed E-state index contributed by atoms with van der Waals surface area (Å²) in [5, 5.41) is 12.6. The second-order valence-corrected chi connectivity index (χ2v) is 8.04. The third-order valence-corrected chi connectivity index (χ3v) is 5.47. The number of carbonyl (C=O) groups is 1. The topological polar surface area (TPSA) is 78.4 Å². The average molecular weight is 383 g/mol. The SMILES string of the molecule is CN(C)[C@H](CNC(=O)C[C@@H](CC1CC1)c1cncnc1)Cc1ccc(O)cc1. The number of hydrogen-bond acceptors (Lipinski definition) is 5. The smallest absolute Gasteiger partial charge is 0.220 e. The standard InChI is InChI=1S/C22H30N4O2/c1-26(2)20(10-17-5-7-21(27)8-6-17)14-25-22(28)11-18(9-16-3-4-16)19-12-23-15-24-13-19/h5-8,12-13,15-16,18,20,27H,3-4,9-11,14H2,1-2H3,(H,25,28)/t18-,20+/m1/s1. The van der Waals surface area contributed by atoms with Gasteiger partial charge in [-0.05, 0) is 62.0 Å². The maximum Gasteiger partial charge on any atom is 0.220 e. The van der Waals surface area contributed by atoms with Gasteiger partial charge in [-0.15, -0.1) is 0 Å². The molecule has 6 heteroatoms. The first kappa shape index (κ1) is 20.3. The van der Waals surface area contributed by atoms with Gasteiger partial charge in [0.2, 0.25) is 5.91 Å². The Kier molecular flexibility index (Phi) is 6.98. The lowest BCUT2D eigenvalue weighted by Gasteiger charge is -2.25. The Morgan fingerprint density at radius 2 is 1.89 bits per heavy atom. The van der Waals surface area contributed by atoms with E-state index in [1.165, 1.54) is 19.2 Å². The Labute approximate surface area is 167 Å². The largest absolute Gasteiger partial charge is 0.508 e. The third-order valence-electron chi connectivity index (χ3n) is 5.47. The molecule has 2 aromatic rings. The van der Waals surface area contributed by atoms with E-state index < -0.39 is 0 Å². The molecule has 6 nitrogen and oxygen atoms in total. The zero-order valence-corrected chi connectivity index (χ0v) is 16.7. The van der Waals surface area contributed by atoms with Gasteiger partial charge in [-0.25, -0.2) is 9.97 Å². The van der Waals surface area contributed by atoms with Crippen molar-refractivity contribution in [2.45, 2.75) is 44.1 Å². The molecule has 1 saturated carbocycles. The molecular weight excluding hydrogens is 352 g/mol. The molecular formula is C22H30N4O2. The summed E-state index contributed by atoms with van der Waals surface area (Å²) in [4.78, 5) is 23.0. The minimum Gasteiger partial charge on any atom is -0.508 e. The van der Waals surface area contributed by atoms with Crippen LogP contribution in [-0.4, -0.2) is 52.6 Å². The number of rotatable bonds is 10. The highest BCUT2D eigenvalue weighted by Gasteiger charge is 2.28. The molecule has 2 N–H and O–H groups in total. The fourth-order valence-corrected chi connectivity index (χ4v) is 3.48. The van der Waals surface area contributed by atoms with Gasteiger partial charge in [0.15, 0.2) is 0 Å². The van der Waals surface area contributed by atoms with E-state index in [4.69, 9.17) is 0 Å². The molecule has 3 rings (SSSR count). The molecule has 1 heterocycles. The number of nitrogens with zero attached hydrogens (tertiary/aromatic N) is 3. The van der Waals surface area contributed by atoms with E-state index in [1.54, 1.807) is 12.1 Å². The first-order valence-corrected chi connectivity index (χ1v) is 9.97. The first-order valence-electron chi connectivity index (χ1n) is 9.97. The van der Waals surface area contributed by atoms with Gasteiger partial charge in [0.05, 0.1) is 0 Å². The quantitative estimate of drug-likeness (QED) is 0.661. The van der Waals surface area contributed by atoms with Gasteiger partial charge in [0, 0.05) is 31.4 Å². The van der Waals surface area contributed by atoms with Crippen LogP contribution in [0, 0.1) is 5.92 Å². The summed E-state index contributed by atoms with van der Waals surface area (Å²) in [6, 6.07) is 7.44. The highest BCUT2D eigenvalue weighted by molar-refractivity contribution is 5.76. The molecule has 0 saturated heterocycles. The monoisotopic (exact) mass is 382 g/mol. The third kappa shape index (κ3) is 6.30. The summed E-state index contributed by atoms with van der Waals surface area (Å²) in [6.45, 7) is 0.591. The summed E-state index contributed by atoms with van der Waals surface area (Å²) in [7, 11) is 4.04. The van der Waals surface area contributed by atoms with E-state index >= 15 is 0 Å². The van der Waals surface area contributed by atoms with Gasteiger partial charge >= 0.3 is 0 Å². The number of amides is 1. The Balaban J connectivity index is 1.54. The summed E-state index contributed by atoms with van der Waals surface area (Å²) in [5.74, 6) is 1.27. The molecule has 1 aromatic heterocycles. The molecule has 1 aromatic carbocycles. The Hall–Kier alpha value is -2.47. The number of likely N-dealkylation sites (N-methyl/N-ethyl adjacent to an activating group) is 1. The van der Waals surface area contributed by atoms with Crippen LogP contribution in [-0.2, 0) is 11.2 Å². The Morgan fingerprint density at radius 3 is 2.50 bits per heavy atom. The zero-order chi connectivity index (χ0) is 19.9. The number of benzene rings is 1. The Morgan fingerprint density at radius 1 is 1.21 bits per heavy atom. The van der Waals surface area contributed by atoms with Gasteiger partial charge in [-0.2, -0.15) is 0 Å². The highest BCUT2D eigenvalue weighted by Crippen LogP contribution is 2.39. The van der Waals surface area contributed by atoms with Gasteiger partial charge < -0.3 is 15.3 Å². The number of hydrogen-bond donors (Lipinski definition) is 2. The molecule has 2 atom stereocenters. The molecule has 0 unspecified atom stereocenters. The molecule has 0 spiro atoms. The van der Waals surface area contributed by atoms with Crippen molar-refractivity contribution in [3.63, 3.8) is 0 Å². The maximum atomic E-state index is 12.6. The molecule has 0 bridgehead atoms. The minimum absolute atomic E-state index is 0.0760. The van der Waals surface area contributed by atoms with E-state index in [0.717, 1.165) is 29.9 Å². The second-order valence-electron chi connectivity index (χ2n) is 8.04. The summed E-state index contributed by atoms with van der Waals surface area (Å²) in [6.07, 6.45) is 10.0. The molecule has 1 aliphatic rings. The highest BCUT2D eigenvalue weighted by atomic mass is 16.3. The number of nitrogens with one attached hydrogen (secondary N) is 1. The molecule has 0 aliphatic heterocycles. The van der Waals surface area contributed by atoms with Crippen molar-refractivity contribution in [1.29, 1.82) is 0 Å². The number of aromatic hydroxyl groups is 1. The second kappa shape index (κ2) is 9.64. The average Bonchev–Trinajstić information content (AvgIpc) is 3.50. The van der Waals surface area contributed by atoms with Crippen LogP contribution >= 0.6 is 0 Å². The first-order chi connectivity index (χ1) is 13.5. The molecule has 150 valence electrons. The van der Waals surface area contributed by atoms with Crippen molar-refractivity contribution in [3.8, 4) is 5.75 Å². The van der Waals surface area contributed by atoms with E-state index in [2.05, 4.69) is 20.2 Å². The zero-order valence-electron chi connectivity index (χ0n) is 16.7.